The fourth-order valence-electron chi connectivity index (χ4n) is 2.45. The first-order valence-corrected chi connectivity index (χ1v) is 6.23. The molecule has 0 atom stereocenters. The third kappa shape index (κ3) is 2.01. The van der Waals surface area contributed by atoms with E-state index in [0.29, 0.717) is 0 Å². The Kier molecular flexibility index (Phi) is 3.08. The fourth-order valence-corrected chi connectivity index (χ4v) is 2.45. The molecule has 0 radical (unpaired) electrons. The Morgan fingerprint density at radius 2 is 1.88 bits per heavy atom. The smallest absolute Gasteiger partial charge is 0.0602 e. The van der Waals surface area contributed by atoms with Gasteiger partial charge in [-0.2, -0.15) is 0 Å². The van der Waals surface area contributed by atoms with Crippen LogP contribution in [-0.2, 0) is 0 Å². The van der Waals surface area contributed by atoms with Crippen molar-refractivity contribution in [3.05, 3.63) is 23.3 Å². The van der Waals surface area contributed by atoms with E-state index < -0.39 is 0 Å². The molecule has 0 unspecified atom stereocenters. The van der Waals surface area contributed by atoms with Crippen molar-refractivity contribution >= 4 is 11.4 Å². The first-order chi connectivity index (χ1) is 7.61. The Balaban J connectivity index is 2.09. The van der Waals surface area contributed by atoms with Gasteiger partial charge in [-0.05, 0) is 49.4 Å². The number of benzene rings is 1. The van der Waals surface area contributed by atoms with E-state index in [4.69, 9.17) is 5.73 Å². The molecule has 1 aliphatic heterocycles. The van der Waals surface area contributed by atoms with E-state index in [0.717, 1.165) is 11.6 Å². The lowest BCUT2D eigenvalue weighted by Crippen LogP contribution is -2.47. The van der Waals surface area contributed by atoms with Crippen LogP contribution >= 0.6 is 0 Å². The second-order valence-electron chi connectivity index (χ2n) is 5.05. The van der Waals surface area contributed by atoms with Gasteiger partial charge in [0, 0.05) is 13.1 Å². The van der Waals surface area contributed by atoms with Crippen molar-refractivity contribution in [3.63, 3.8) is 0 Å². The average Bonchev–Trinajstić information content (AvgIpc) is 2.17. The molecule has 88 valence electrons. The summed E-state index contributed by atoms with van der Waals surface area (Å²) in [4.78, 5) is 2.40. The van der Waals surface area contributed by atoms with Crippen LogP contribution in [0.15, 0.2) is 12.1 Å². The minimum atomic E-state index is 0.881. The summed E-state index contributed by atoms with van der Waals surface area (Å²) < 4.78 is 0. The zero-order valence-corrected chi connectivity index (χ0v) is 10.6. The summed E-state index contributed by atoms with van der Waals surface area (Å²) in [7, 11) is 0. The molecule has 0 spiro atoms. The van der Waals surface area contributed by atoms with Crippen LogP contribution in [0, 0.1) is 19.8 Å². The summed E-state index contributed by atoms with van der Waals surface area (Å²) in [6.45, 7) is 8.89. The van der Waals surface area contributed by atoms with Crippen LogP contribution in [0.4, 0.5) is 11.4 Å². The first kappa shape index (κ1) is 11.3. The van der Waals surface area contributed by atoms with Gasteiger partial charge in [-0.15, -0.1) is 0 Å². The molecule has 2 rings (SSSR count). The van der Waals surface area contributed by atoms with E-state index >= 15 is 0 Å². The molecule has 1 aromatic carbocycles. The quantitative estimate of drug-likeness (QED) is 0.790. The molecule has 0 aromatic heterocycles. The summed E-state index contributed by atoms with van der Waals surface area (Å²) in [6.07, 6.45) is 2.64. The number of nitrogens with zero attached hydrogens (tertiary/aromatic N) is 1. The van der Waals surface area contributed by atoms with Gasteiger partial charge in [-0.25, -0.2) is 0 Å². The van der Waals surface area contributed by atoms with E-state index in [1.807, 2.05) is 0 Å². The fraction of sp³-hybridized carbons (Fsp3) is 0.571. The summed E-state index contributed by atoms with van der Waals surface area (Å²) in [5.41, 5.74) is 10.9. The van der Waals surface area contributed by atoms with Gasteiger partial charge in [0.05, 0.1) is 11.4 Å². The molecule has 1 aromatic rings. The van der Waals surface area contributed by atoms with Gasteiger partial charge in [0.1, 0.15) is 0 Å². The van der Waals surface area contributed by atoms with Gasteiger partial charge in [0.25, 0.3) is 0 Å². The molecule has 2 N–H and O–H groups in total. The maximum atomic E-state index is 6.08. The zero-order chi connectivity index (χ0) is 11.7. The van der Waals surface area contributed by atoms with Gasteiger partial charge in [0.15, 0.2) is 0 Å². The van der Waals surface area contributed by atoms with E-state index in [9.17, 15) is 0 Å². The van der Waals surface area contributed by atoms with Crippen molar-refractivity contribution in [2.24, 2.45) is 5.92 Å². The van der Waals surface area contributed by atoms with Crippen LogP contribution in [-0.4, -0.2) is 13.1 Å². The highest BCUT2D eigenvalue weighted by atomic mass is 15.2. The Morgan fingerprint density at radius 1 is 1.25 bits per heavy atom. The number of nitrogen functional groups attached to an aromatic ring is 1. The van der Waals surface area contributed by atoms with Gasteiger partial charge in [-0.3, -0.25) is 0 Å². The van der Waals surface area contributed by atoms with Gasteiger partial charge < -0.3 is 10.6 Å². The SMILES string of the molecule is CCCC1CN(c2cc(C)c(C)cc2N)C1. The second kappa shape index (κ2) is 4.36. The molecule has 0 aliphatic carbocycles. The molecule has 2 heteroatoms. The van der Waals surface area contributed by atoms with Crippen LogP contribution < -0.4 is 10.6 Å². The van der Waals surface area contributed by atoms with E-state index in [1.54, 1.807) is 0 Å². The Hall–Kier alpha value is -1.18. The minimum absolute atomic E-state index is 0.881. The van der Waals surface area contributed by atoms with Crippen molar-refractivity contribution in [2.75, 3.05) is 23.7 Å². The lowest BCUT2D eigenvalue weighted by atomic mass is 9.93. The molecule has 1 aliphatic rings. The number of nitrogens with two attached hydrogens (primary N) is 1. The highest BCUT2D eigenvalue weighted by Gasteiger charge is 2.27. The van der Waals surface area contributed by atoms with Crippen molar-refractivity contribution in [1.82, 2.24) is 0 Å². The number of hydrogen-bond acceptors (Lipinski definition) is 2. The van der Waals surface area contributed by atoms with E-state index in [-0.39, 0.29) is 0 Å². The summed E-state index contributed by atoms with van der Waals surface area (Å²) in [5.74, 6) is 0.881. The van der Waals surface area contributed by atoms with Crippen LogP contribution in [0.1, 0.15) is 30.9 Å². The standard InChI is InChI=1S/C14H22N2/c1-4-5-12-8-16(9-12)14-7-11(3)10(2)6-13(14)15/h6-7,12H,4-5,8-9,15H2,1-3H3. The molecular formula is C14H22N2. The van der Waals surface area contributed by atoms with E-state index in [2.05, 4.69) is 37.8 Å². The number of hydrogen-bond donors (Lipinski definition) is 1. The lowest BCUT2D eigenvalue weighted by molar-refractivity contribution is 0.381. The van der Waals surface area contributed by atoms with Crippen molar-refractivity contribution in [1.29, 1.82) is 0 Å². The zero-order valence-electron chi connectivity index (χ0n) is 10.6. The first-order valence-electron chi connectivity index (χ1n) is 6.23. The Morgan fingerprint density at radius 3 is 2.50 bits per heavy atom. The predicted octanol–water partition coefficient (Wildman–Crippen LogP) is 3.12. The minimum Gasteiger partial charge on any atom is -0.397 e. The van der Waals surface area contributed by atoms with Crippen molar-refractivity contribution < 1.29 is 0 Å². The van der Waals surface area contributed by atoms with Crippen LogP contribution in [0.2, 0.25) is 0 Å². The Labute approximate surface area is 98.4 Å². The monoisotopic (exact) mass is 218 g/mol. The summed E-state index contributed by atoms with van der Waals surface area (Å²) >= 11 is 0. The molecule has 0 saturated carbocycles. The maximum Gasteiger partial charge on any atom is 0.0602 e. The van der Waals surface area contributed by atoms with Crippen molar-refractivity contribution in [2.45, 2.75) is 33.6 Å². The molecule has 0 bridgehead atoms. The number of aryl methyl sites for hydroxylation is 2. The molecule has 1 heterocycles. The lowest BCUT2D eigenvalue weighted by Gasteiger charge is -2.42. The summed E-state index contributed by atoms with van der Waals surface area (Å²) in [6, 6.07) is 4.32. The van der Waals surface area contributed by atoms with E-state index in [1.165, 1.54) is 42.7 Å². The molecule has 1 saturated heterocycles. The molecule has 2 nitrogen and oxygen atoms in total. The average molecular weight is 218 g/mol. The highest BCUT2D eigenvalue weighted by Crippen LogP contribution is 2.33. The summed E-state index contributed by atoms with van der Waals surface area (Å²) in [5, 5.41) is 0. The third-order valence-electron chi connectivity index (χ3n) is 3.64. The van der Waals surface area contributed by atoms with Gasteiger partial charge >= 0.3 is 0 Å². The topological polar surface area (TPSA) is 29.3 Å². The number of rotatable bonds is 3. The molecule has 0 amide bonds. The maximum absolute atomic E-state index is 6.08. The van der Waals surface area contributed by atoms with Crippen molar-refractivity contribution in [3.8, 4) is 0 Å². The van der Waals surface area contributed by atoms with Crippen LogP contribution in [0.5, 0.6) is 0 Å². The largest absolute Gasteiger partial charge is 0.397 e. The molecule has 16 heavy (non-hydrogen) atoms. The van der Waals surface area contributed by atoms with Gasteiger partial charge in [0.2, 0.25) is 0 Å². The molecule has 1 fully saturated rings. The van der Waals surface area contributed by atoms with Gasteiger partial charge in [-0.1, -0.05) is 13.3 Å². The number of anilines is 2. The normalized spacial score (nSPS) is 16.3. The third-order valence-corrected chi connectivity index (χ3v) is 3.64. The van der Waals surface area contributed by atoms with Crippen LogP contribution in [0.3, 0.4) is 0 Å². The second-order valence-corrected chi connectivity index (χ2v) is 5.05. The predicted molar refractivity (Wildman–Crippen MR) is 70.9 cm³/mol. The highest BCUT2D eigenvalue weighted by molar-refractivity contribution is 5.70. The van der Waals surface area contributed by atoms with Crippen LogP contribution in [0.25, 0.3) is 0 Å². The Bertz CT molecular complexity index is 379. The molecular weight excluding hydrogens is 196 g/mol.